The molecule has 0 radical (unpaired) electrons. The van der Waals surface area contributed by atoms with E-state index in [-0.39, 0.29) is 29.0 Å². The number of primary amides is 1. The number of allylic oxidation sites excluding steroid dienone is 1. The zero-order valence-electron chi connectivity index (χ0n) is 22.3. The molecule has 0 aromatic carbocycles. The van der Waals surface area contributed by atoms with E-state index in [0.29, 0.717) is 0 Å². The van der Waals surface area contributed by atoms with Crippen molar-refractivity contribution in [1.29, 1.82) is 0 Å². The number of carbonyl (C=O) groups is 1. The number of nitrogen functional groups attached to an aromatic ring is 1. The van der Waals surface area contributed by atoms with Gasteiger partial charge in [0.15, 0.2) is 23.9 Å². The van der Waals surface area contributed by atoms with E-state index in [9.17, 15) is 44.1 Å². The monoisotopic (exact) mass is 663 g/mol. The van der Waals surface area contributed by atoms with E-state index in [0.717, 1.165) is 6.33 Å². The van der Waals surface area contributed by atoms with E-state index in [2.05, 4.69) is 28.3 Å². The molecule has 2 saturated heterocycles. The fourth-order valence-corrected chi connectivity index (χ4v) is 6.68. The van der Waals surface area contributed by atoms with Crippen LogP contribution < -0.4 is 21.3 Å². The molecule has 44 heavy (non-hydrogen) atoms. The molecule has 242 valence electrons. The lowest BCUT2D eigenvalue weighted by atomic mass is 10.1. The van der Waals surface area contributed by atoms with Crippen LogP contribution in [0.25, 0.3) is 11.2 Å². The maximum Gasteiger partial charge on any atom is 0.274 e. The smallest absolute Gasteiger partial charge is 0.274 e. The third kappa shape index (κ3) is 6.70. The molecule has 10 unspecified atom stereocenters. The van der Waals surface area contributed by atoms with E-state index in [4.69, 9.17) is 20.9 Å². The van der Waals surface area contributed by atoms with E-state index >= 15 is 0 Å². The number of aliphatic hydroxyl groups excluding tert-OH is 4. The van der Waals surface area contributed by atoms with Crippen LogP contribution in [0.2, 0.25) is 0 Å². The average molecular weight is 663 g/mol. The normalized spacial score (nSPS) is 33.3. The van der Waals surface area contributed by atoms with Gasteiger partial charge in [-0.2, -0.15) is 0 Å². The number of nitrogens with two attached hydrogens (primary N) is 2. The van der Waals surface area contributed by atoms with Gasteiger partial charge < -0.3 is 65.1 Å². The molecule has 21 nitrogen and oxygen atoms in total. The summed E-state index contributed by atoms with van der Waals surface area (Å²) in [7, 11) is -11.4. The van der Waals surface area contributed by atoms with Crippen molar-refractivity contribution < 1.29 is 67.0 Å². The maximum absolute atomic E-state index is 12.3. The van der Waals surface area contributed by atoms with Crippen molar-refractivity contribution in [1.82, 2.24) is 24.4 Å². The van der Waals surface area contributed by atoms with Crippen LogP contribution in [0.3, 0.4) is 0 Å². The second-order valence-electron chi connectivity index (χ2n) is 9.80. The summed E-state index contributed by atoms with van der Waals surface area (Å²) in [6.45, 7) is -1.97. The fourth-order valence-electron chi connectivity index (χ4n) is 4.66. The zero-order chi connectivity index (χ0) is 32.0. The van der Waals surface area contributed by atoms with Crippen molar-refractivity contribution in [3.05, 3.63) is 36.7 Å². The molecule has 0 saturated carbocycles. The summed E-state index contributed by atoms with van der Waals surface area (Å²) in [6.07, 6.45) is -5.32. The minimum absolute atomic E-state index is 0.0375. The van der Waals surface area contributed by atoms with Gasteiger partial charge in [-0.25, -0.2) is 19.3 Å². The number of hydrogen-bond acceptors (Lipinski definition) is 19. The number of rotatable bonds is 11. The van der Waals surface area contributed by atoms with Gasteiger partial charge >= 0.3 is 0 Å². The van der Waals surface area contributed by atoms with Crippen LogP contribution in [0.4, 0.5) is 5.82 Å². The Labute approximate surface area is 247 Å². The highest BCUT2D eigenvalue weighted by atomic mass is 31.3. The van der Waals surface area contributed by atoms with Gasteiger partial charge in [-0.05, 0) is 6.42 Å². The van der Waals surface area contributed by atoms with E-state index in [1.54, 1.807) is 6.08 Å². The first kappa shape index (κ1) is 32.5. The number of nitrogens with zero attached hydrogens (tertiary/aromatic N) is 5. The molecule has 23 heteroatoms. The predicted octanol–water partition coefficient (Wildman–Crippen LogP) is -3.95. The van der Waals surface area contributed by atoms with Crippen LogP contribution in [0.1, 0.15) is 12.6 Å². The number of aliphatic hydroxyl groups is 4. The number of aromatic nitrogens is 4. The van der Waals surface area contributed by atoms with Crippen LogP contribution in [0.5, 0.6) is 0 Å². The van der Waals surface area contributed by atoms with Gasteiger partial charge in [0.05, 0.1) is 19.5 Å². The van der Waals surface area contributed by atoms with Crippen molar-refractivity contribution in [3.63, 3.8) is 0 Å². The number of amides is 1. The molecule has 2 aromatic rings. The fraction of sp³-hybridized carbons (Fsp3) is 0.524. The van der Waals surface area contributed by atoms with Crippen molar-refractivity contribution in [2.75, 3.05) is 18.9 Å². The quantitative estimate of drug-likeness (QED) is 0.125. The lowest BCUT2D eigenvalue weighted by Crippen LogP contribution is -2.40. The Morgan fingerprint density at radius 3 is 2.18 bits per heavy atom. The predicted molar refractivity (Wildman–Crippen MR) is 137 cm³/mol. The maximum atomic E-state index is 12.3. The molecule has 3 aliphatic heterocycles. The Bertz CT molecular complexity index is 1560. The molecular formula is C21H27N7O14P2-2. The summed E-state index contributed by atoms with van der Waals surface area (Å²) in [5, 5.41) is 41.5. The molecule has 5 heterocycles. The lowest BCUT2D eigenvalue weighted by molar-refractivity contribution is -0.246. The van der Waals surface area contributed by atoms with Gasteiger partial charge in [-0.15, -0.1) is 0 Å². The van der Waals surface area contributed by atoms with E-state index in [1.165, 1.54) is 28.2 Å². The number of carbonyl (C=O) groups excluding carboxylic acids is 1. The molecule has 5 rings (SSSR count). The van der Waals surface area contributed by atoms with Crippen molar-refractivity contribution >= 4 is 38.5 Å². The number of phosphoric ester groups is 2. The second kappa shape index (κ2) is 12.5. The lowest BCUT2D eigenvalue weighted by Gasteiger charge is -2.32. The zero-order valence-corrected chi connectivity index (χ0v) is 24.1. The van der Waals surface area contributed by atoms with Crippen LogP contribution in [0.15, 0.2) is 36.7 Å². The molecule has 10 atom stereocenters. The highest BCUT2D eigenvalue weighted by Crippen LogP contribution is 2.56. The number of phosphoric acid groups is 2. The molecule has 0 aliphatic carbocycles. The third-order valence-corrected chi connectivity index (χ3v) is 9.39. The standard InChI is InChI=1S/C21H29N7O14P2/c22-17-12-19(25-7-24-17)28(8-26-12)21-16(32)14(30)11(41-21)6-39-44(36,37)42-43(34,35)38-5-10-13(29)15(31)20(40-10)27-3-1-2-9(4-27)18(23)33/h1,3-4,7-8,10-11,13-16,20-21,29-32H,2,5-6H2,(H2,23,33)(H,34,35)(H,36,37)(H2,22,24,25)/p-2. The Hall–Kier alpha value is -2.88. The Kier molecular flexibility index (Phi) is 9.23. The molecule has 2 aromatic heterocycles. The highest BCUT2D eigenvalue weighted by molar-refractivity contribution is 7.59. The minimum Gasteiger partial charge on any atom is -0.756 e. The summed E-state index contributed by atoms with van der Waals surface area (Å²) in [5.74, 6) is -0.686. The number of hydrogen-bond donors (Lipinski definition) is 6. The van der Waals surface area contributed by atoms with Crippen molar-refractivity contribution in [2.45, 2.75) is 55.5 Å². The van der Waals surface area contributed by atoms with Gasteiger partial charge in [0.25, 0.3) is 15.6 Å². The number of ether oxygens (including phenoxy) is 2. The molecule has 8 N–H and O–H groups in total. The van der Waals surface area contributed by atoms with Gasteiger partial charge in [-0.3, -0.25) is 18.5 Å². The van der Waals surface area contributed by atoms with Gasteiger partial charge in [0, 0.05) is 18.0 Å². The van der Waals surface area contributed by atoms with Crippen molar-refractivity contribution in [2.24, 2.45) is 5.73 Å². The Balaban J connectivity index is 1.15. The molecule has 2 fully saturated rings. The summed E-state index contributed by atoms with van der Waals surface area (Å²) >= 11 is 0. The number of fused-ring (bicyclic) bond motifs is 1. The number of anilines is 1. The summed E-state index contributed by atoms with van der Waals surface area (Å²) in [5.41, 5.74) is 11.5. The first-order valence-electron chi connectivity index (χ1n) is 12.7. The summed E-state index contributed by atoms with van der Waals surface area (Å²) in [4.78, 5) is 49.0. The van der Waals surface area contributed by atoms with Gasteiger partial charge in [-0.1, -0.05) is 6.08 Å². The largest absolute Gasteiger partial charge is 0.756 e. The van der Waals surface area contributed by atoms with Crippen LogP contribution in [0, 0.1) is 0 Å². The SMILES string of the molecule is NC(=O)C1=CN(C2OC(COP(=O)([O-])OP(=O)([O-])OCC3OC(n4cnc5c(N)ncnc54)C(O)C3O)C(O)C2O)C=CC1. The van der Waals surface area contributed by atoms with Crippen LogP contribution in [-0.2, 0) is 36.8 Å². The first-order chi connectivity index (χ1) is 20.7. The first-order valence-corrected chi connectivity index (χ1v) is 15.6. The van der Waals surface area contributed by atoms with Crippen LogP contribution in [-0.4, -0.2) is 107 Å². The van der Waals surface area contributed by atoms with Crippen molar-refractivity contribution in [3.8, 4) is 0 Å². The van der Waals surface area contributed by atoms with E-state index in [1.807, 2.05) is 0 Å². The average Bonchev–Trinajstić information content (AvgIpc) is 3.61. The Morgan fingerprint density at radius 1 is 0.977 bits per heavy atom. The molecule has 1 amide bonds. The minimum atomic E-state index is -5.68. The van der Waals surface area contributed by atoms with E-state index < -0.39 is 83.8 Å². The second-order valence-corrected chi connectivity index (χ2v) is 12.8. The highest BCUT2D eigenvalue weighted by Gasteiger charge is 2.47. The topological polar surface area (TPSA) is 323 Å². The number of imidazole rings is 1. The Morgan fingerprint density at radius 2 is 1.57 bits per heavy atom. The molecule has 0 bridgehead atoms. The summed E-state index contributed by atoms with van der Waals surface area (Å²) < 4.78 is 49.9. The third-order valence-electron chi connectivity index (χ3n) is 6.86. The molecule has 0 spiro atoms. The van der Waals surface area contributed by atoms with Gasteiger partial charge in [0.1, 0.15) is 48.5 Å². The van der Waals surface area contributed by atoms with Crippen LogP contribution >= 0.6 is 15.6 Å². The molecular weight excluding hydrogens is 636 g/mol. The molecule has 3 aliphatic rings. The summed E-state index contributed by atoms with van der Waals surface area (Å²) in [6, 6.07) is 0. The van der Waals surface area contributed by atoms with Gasteiger partial charge in [0.2, 0.25) is 5.91 Å².